The van der Waals surface area contributed by atoms with Crippen LogP contribution >= 0.6 is 0 Å². The van der Waals surface area contributed by atoms with Gasteiger partial charge in [0.25, 0.3) is 0 Å². The second-order valence-electron chi connectivity index (χ2n) is 4.70. The summed E-state index contributed by atoms with van der Waals surface area (Å²) in [6.07, 6.45) is 0.844. The van der Waals surface area contributed by atoms with E-state index in [0.717, 1.165) is 13.0 Å². The van der Waals surface area contributed by atoms with Gasteiger partial charge in [0.15, 0.2) is 5.75 Å². The second-order valence-corrected chi connectivity index (χ2v) is 4.70. The lowest BCUT2D eigenvalue weighted by atomic mass is 10.1. The molecule has 1 fully saturated rings. The highest BCUT2D eigenvalue weighted by atomic mass is 16.6. The van der Waals surface area contributed by atoms with E-state index in [0.29, 0.717) is 18.0 Å². The molecule has 1 aromatic carbocycles. The van der Waals surface area contributed by atoms with E-state index in [-0.39, 0.29) is 22.7 Å². The Balaban J connectivity index is 2.45. The third kappa shape index (κ3) is 2.49. The van der Waals surface area contributed by atoms with Crippen molar-refractivity contribution in [2.75, 3.05) is 18.1 Å². The molecule has 6 heteroatoms. The number of anilines is 1. The molecule has 2 rings (SSSR count). The van der Waals surface area contributed by atoms with Gasteiger partial charge in [-0.15, -0.1) is 0 Å². The van der Waals surface area contributed by atoms with Crippen LogP contribution in [0.15, 0.2) is 18.2 Å². The first-order chi connectivity index (χ1) is 9.06. The van der Waals surface area contributed by atoms with Crippen LogP contribution in [0.1, 0.15) is 20.3 Å². The number of nitrogens with two attached hydrogens (primary N) is 1. The van der Waals surface area contributed by atoms with Crippen LogP contribution in [0.2, 0.25) is 0 Å². The van der Waals surface area contributed by atoms with Crippen molar-refractivity contribution in [2.24, 2.45) is 5.73 Å². The smallest absolute Gasteiger partial charge is 0.333 e. The first-order valence-corrected chi connectivity index (χ1v) is 6.48. The zero-order chi connectivity index (χ0) is 14.0. The Kier molecular flexibility index (Phi) is 3.90. The molecule has 1 saturated heterocycles. The van der Waals surface area contributed by atoms with Crippen molar-refractivity contribution in [3.05, 3.63) is 28.3 Å². The Morgan fingerprint density at radius 2 is 2.32 bits per heavy atom. The topological polar surface area (TPSA) is 81.6 Å². The fraction of sp³-hybridized carbons (Fsp3) is 0.538. The summed E-state index contributed by atoms with van der Waals surface area (Å²) in [7, 11) is 0. The molecule has 2 unspecified atom stereocenters. The number of rotatable bonds is 4. The molecule has 0 aliphatic carbocycles. The monoisotopic (exact) mass is 265 g/mol. The van der Waals surface area contributed by atoms with Gasteiger partial charge in [0.1, 0.15) is 5.69 Å². The predicted octanol–water partition coefficient (Wildman–Crippen LogP) is 1.92. The van der Waals surface area contributed by atoms with Gasteiger partial charge in [0.2, 0.25) is 0 Å². The van der Waals surface area contributed by atoms with Crippen molar-refractivity contribution in [1.82, 2.24) is 0 Å². The fourth-order valence-corrected chi connectivity index (χ4v) is 2.50. The number of benzene rings is 1. The zero-order valence-corrected chi connectivity index (χ0v) is 11.2. The molecule has 0 aromatic heterocycles. The maximum atomic E-state index is 11.3. The lowest BCUT2D eigenvalue weighted by Crippen LogP contribution is -2.37. The van der Waals surface area contributed by atoms with Gasteiger partial charge in [-0.1, -0.05) is 6.07 Å². The summed E-state index contributed by atoms with van der Waals surface area (Å²) < 4.78 is 5.36. The Hall–Kier alpha value is -1.82. The highest BCUT2D eigenvalue weighted by molar-refractivity contribution is 5.70. The lowest BCUT2D eigenvalue weighted by Gasteiger charge is -2.25. The Bertz CT molecular complexity index is 478. The number of nitro benzene ring substituents is 1. The van der Waals surface area contributed by atoms with E-state index < -0.39 is 0 Å². The zero-order valence-electron chi connectivity index (χ0n) is 11.2. The van der Waals surface area contributed by atoms with E-state index in [9.17, 15) is 10.1 Å². The normalized spacial score (nSPS) is 22.6. The summed E-state index contributed by atoms with van der Waals surface area (Å²) in [6, 6.07) is 5.32. The van der Waals surface area contributed by atoms with Crippen LogP contribution in [0.4, 0.5) is 11.4 Å². The molecule has 0 spiro atoms. The second kappa shape index (κ2) is 5.44. The van der Waals surface area contributed by atoms with Crippen LogP contribution < -0.4 is 15.4 Å². The molecular weight excluding hydrogens is 246 g/mol. The van der Waals surface area contributed by atoms with Gasteiger partial charge in [-0.3, -0.25) is 10.1 Å². The number of nitrogens with zero attached hydrogens (tertiary/aromatic N) is 2. The van der Waals surface area contributed by atoms with E-state index in [1.54, 1.807) is 18.2 Å². The highest BCUT2D eigenvalue weighted by Gasteiger charge is 2.33. The molecule has 19 heavy (non-hydrogen) atoms. The van der Waals surface area contributed by atoms with Crippen LogP contribution in [0.25, 0.3) is 0 Å². The number of hydrogen-bond acceptors (Lipinski definition) is 5. The Morgan fingerprint density at radius 3 is 2.84 bits per heavy atom. The van der Waals surface area contributed by atoms with E-state index >= 15 is 0 Å². The quantitative estimate of drug-likeness (QED) is 0.664. The largest absolute Gasteiger partial charge is 0.487 e. The van der Waals surface area contributed by atoms with Gasteiger partial charge in [-0.05, 0) is 32.4 Å². The summed E-state index contributed by atoms with van der Waals surface area (Å²) in [6.45, 7) is 4.94. The van der Waals surface area contributed by atoms with Gasteiger partial charge in [0.05, 0.1) is 11.5 Å². The molecule has 1 heterocycles. The Labute approximate surface area is 112 Å². The molecule has 0 radical (unpaired) electrons. The lowest BCUT2D eigenvalue weighted by molar-refractivity contribution is -0.385. The van der Waals surface area contributed by atoms with Crippen molar-refractivity contribution in [2.45, 2.75) is 32.4 Å². The van der Waals surface area contributed by atoms with Crippen LogP contribution in [0, 0.1) is 10.1 Å². The van der Waals surface area contributed by atoms with Crippen LogP contribution in [0.5, 0.6) is 5.75 Å². The summed E-state index contributed by atoms with van der Waals surface area (Å²) in [4.78, 5) is 12.9. The van der Waals surface area contributed by atoms with Crippen molar-refractivity contribution in [1.29, 1.82) is 0 Å². The highest BCUT2D eigenvalue weighted by Crippen LogP contribution is 2.39. The molecule has 1 aliphatic heterocycles. The Morgan fingerprint density at radius 1 is 1.58 bits per heavy atom. The molecule has 2 N–H and O–H groups in total. The van der Waals surface area contributed by atoms with Crippen molar-refractivity contribution >= 4 is 11.4 Å². The molecule has 1 aliphatic rings. The molecule has 2 atom stereocenters. The number of hydrogen-bond donors (Lipinski definition) is 1. The van der Waals surface area contributed by atoms with Crippen molar-refractivity contribution in [3.8, 4) is 5.75 Å². The molecule has 104 valence electrons. The summed E-state index contributed by atoms with van der Waals surface area (Å²) in [5.74, 6) is 0.317. The average Bonchev–Trinajstić information content (AvgIpc) is 2.70. The molecule has 6 nitrogen and oxygen atoms in total. The predicted molar refractivity (Wildman–Crippen MR) is 73.7 cm³/mol. The van der Waals surface area contributed by atoms with Crippen LogP contribution in [-0.2, 0) is 0 Å². The van der Waals surface area contributed by atoms with Gasteiger partial charge in [-0.2, -0.15) is 0 Å². The van der Waals surface area contributed by atoms with E-state index in [2.05, 4.69) is 0 Å². The first kappa shape index (κ1) is 13.6. The molecule has 0 saturated carbocycles. The molecule has 1 aromatic rings. The third-order valence-electron chi connectivity index (χ3n) is 3.58. The van der Waals surface area contributed by atoms with Crippen LogP contribution in [0.3, 0.4) is 0 Å². The number of nitro groups is 1. The minimum Gasteiger partial charge on any atom is -0.487 e. The summed E-state index contributed by atoms with van der Waals surface area (Å²) in [5.41, 5.74) is 6.61. The van der Waals surface area contributed by atoms with Crippen molar-refractivity contribution in [3.63, 3.8) is 0 Å². The summed E-state index contributed by atoms with van der Waals surface area (Å²) >= 11 is 0. The summed E-state index contributed by atoms with van der Waals surface area (Å²) in [5, 5.41) is 11.3. The molecule has 0 amide bonds. The van der Waals surface area contributed by atoms with E-state index in [1.165, 1.54) is 0 Å². The molecular formula is C13H19N3O3. The minimum absolute atomic E-state index is 0.0327. The number of para-hydroxylation sites is 1. The van der Waals surface area contributed by atoms with Crippen LogP contribution in [-0.4, -0.2) is 30.2 Å². The van der Waals surface area contributed by atoms with Gasteiger partial charge >= 0.3 is 5.69 Å². The van der Waals surface area contributed by atoms with E-state index in [4.69, 9.17) is 10.5 Å². The third-order valence-corrected chi connectivity index (χ3v) is 3.58. The molecule has 0 bridgehead atoms. The first-order valence-electron chi connectivity index (χ1n) is 6.48. The van der Waals surface area contributed by atoms with E-state index in [1.807, 2.05) is 18.7 Å². The SMILES string of the molecule is CCOc1cccc(N2CCC(N)C2C)c1[N+](=O)[O-]. The standard InChI is InChI=1S/C13H19N3O3/c1-3-19-12-6-4-5-11(13(12)16(17)18)15-8-7-10(14)9(15)2/h4-6,9-10H,3,7-8,14H2,1-2H3. The van der Waals surface area contributed by atoms with Gasteiger partial charge in [-0.25, -0.2) is 0 Å². The van der Waals surface area contributed by atoms with Gasteiger partial charge < -0.3 is 15.4 Å². The fourth-order valence-electron chi connectivity index (χ4n) is 2.50. The average molecular weight is 265 g/mol. The minimum atomic E-state index is -0.378. The number of ether oxygens (including phenoxy) is 1. The van der Waals surface area contributed by atoms with Gasteiger partial charge in [0, 0.05) is 18.6 Å². The van der Waals surface area contributed by atoms with Crippen molar-refractivity contribution < 1.29 is 9.66 Å². The maximum absolute atomic E-state index is 11.3. The maximum Gasteiger partial charge on any atom is 0.333 e.